The van der Waals surface area contributed by atoms with E-state index in [0.29, 0.717) is 6.61 Å². The predicted octanol–water partition coefficient (Wildman–Crippen LogP) is 0.727. The first-order valence-electron chi connectivity index (χ1n) is 2.72. The van der Waals surface area contributed by atoms with Crippen molar-refractivity contribution in [3.63, 3.8) is 0 Å². The van der Waals surface area contributed by atoms with Gasteiger partial charge in [-0.2, -0.15) is 0 Å². The molecule has 0 aromatic rings. The van der Waals surface area contributed by atoms with E-state index in [0.717, 1.165) is 5.33 Å². The average Bonchev–Trinajstić information content (AvgIpc) is 2.34. The SMILES string of the molecule is COC1OC[C@@H](CBr)O1. The quantitative estimate of drug-likeness (QED) is 0.610. The van der Waals surface area contributed by atoms with Gasteiger partial charge in [-0.05, 0) is 0 Å². The zero-order chi connectivity index (χ0) is 6.69. The van der Waals surface area contributed by atoms with Gasteiger partial charge in [0.2, 0.25) is 0 Å². The van der Waals surface area contributed by atoms with Crippen LogP contribution in [0.25, 0.3) is 0 Å². The molecule has 9 heavy (non-hydrogen) atoms. The molecule has 2 atom stereocenters. The van der Waals surface area contributed by atoms with E-state index >= 15 is 0 Å². The monoisotopic (exact) mass is 196 g/mol. The van der Waals surface area contributed by atoms with E-state index in [1.807, 2.05) is 0 Å². The minimum absolute atomic E-state index is 0.148. The molecule has 1 rings (SSSR count). The number of methoxy groups -OCH3 is 1. The first kappa shape index (κ1) is 7.47. The fraction of sp³-hybridized carbons (Fsp3) is 1.00. The Bertz CT molecular complexity index is 78.3. The van der Waals surface area contributed by atoms with Crippen LogP contribution in [0, 0.1) is 0 Å². The summed E-state index contributed by atoms with van der Waals surface area (Å²) in [6.45, 7) is 0.163. The highest BCUT2D eigenvalue weighted by Gasteiger charge is 2.24. The van der Waals surface area contributed by atoms with Gasteiger partial charge < -0.3 is 14.2 Å². The molecule has 0 bridgehead atoms. The summed E-state index contributed by atoms with van der Waals surface area (Å²) in [6.07, 6.45) is 0.148. The van der Waals surface area contributed by atoms with Crippen molar-refractivity contribution in [2.75, 3.05) is 19.0 Å². The molecule has 54 valence electrons. The highest BCUT2D eigenvalue weighted by Crippen LogP contribution is 2.12. The van der Waals surface area contributed by atoms with Crippen molar-refractivity contribution in [2.45, 2.75) is 12.6 Å². The Kier molecular flexibility index (Phi) is 2.91. The van der Waals surface area contributed by atoms with Crippen molar-refractivity contribution in [3.05, 3.63) is 0 Å². The maximum Gasteiger partial charge on any atom is 0.271 e. The van der Waals surface area contributed by atoms with Crippen molar-refractivity contribution in [2.24, 2.45) is 0 Å². The summed E-state index contributed by atoms with van der Waals surface area (Å²) in [5, 5.41) is 0.798. The molecule has 0 aromatic carbocycles. The molecule has 1 saturated heterocycles. The van der Waals surface area contributed by atoms with E-state index in [-0.39, 0.29) is 6.10 Å². The third-order valence-electron chi connectivity index (χ3n) is 1.09. The molecule has 0 aromatic heterocycles. The third-order valence-corrected chi connectivity index (χ3v) is 1.81. The van der Waals surface area contributed by atoms with E-state index in [1.54, 1.807) is 7.11 Å². The molecule has 1 aliphatic heterocycles. The molecule has 3 nitrogen and oxygen atoms in total. The van der Waals surface area contributed by atoms with Crippen LogP contribution in [0.3, 0.4) is 0 Å². The normalized spacial score (nSPS) is 35.3. The fourth-order valence-corrected chi connectivity index (χ4v) is 0.966. The molecule has 1 fully saturated rings. The van der Waals surface area contributed by atoms with Gasteiger partial charge in [0.25, 0.3) is 6.48 Å². The van der Waals surface area contributed by atoms with Crippen LogP contribution in [0.4, 0.5) is 0 Å². The van der Waals surface area contributed by atoms with Crippen LogP contribution in [0.1, 0.15) is 0 Å². The summed E-state index contributed by atoms with van der Waals surface area (Å²) < 4.78 is 15.0. The standard InChI is InChI=1S/C5H9BrO3/c1-7-5-8-3-4(2-6)9-5/h4-5H,2-3H2,1H3/t4-,5?/m1/s1. The maximum absolute atomic E-state index is 5.17. The Hall–Kier alpha value is 0.360. The van der Waals surface area contributed by atoms with Gasteiger partial charge in [-0.15, -0.1) is 0 Å². The third kappa shape index (κ3) is 1.89. The predicted molar refractivity (Wildman–Crippen MR) is 35.4 cm³/mol. The zero-order valence-electron chi connectivity index (χ0n) is 5.17. The number of hydrogen-bond donors (Lipinski definition) is 0. The van der Waals surface area contributed by atoms with Gasteiger partial charge in [0.1, 0.15) is 0 Å². The molecule has 4 heteroatoms. The Morgan fingerprint density at radius 3 is 2.89 bits per heavy atom. The second-order valence-corrected chi connectivity index (χ2v) is 2.42. The maximum atomic E-state index is 5.17. The smallest absolute Gasteiger partial charge is 0.271 e. The number of alkyl halides is 1. The Balaban J connectivity index is 2.20. The Labute approximate surface area is 62.4 Å². The number of ether oxygens (including phenoxy) is 3. The van der Waals surface area contributed by atoms with Gasteiger partial charge in [-0.1, -0.05) is 15.9 Å². The first-order valence-corrected chi connectivity index (χ1v) is 3.84. The molecule has 0 saturated carbocycles. The van der Waals surface area contributed by atoms with E-state index in [1.165, 1.54) is 0 Å². The van der Waals surface area contributed by atoms with Crippen LogP contribution in [0.15, 0.2) is 0 Å². The molecular formula is C5H9BrO3. The molecule has 0 radical (unpaired) electrons. The largest absolute Gasteiger partial charge is 0.333 e. The van der Waals surface area contributed by atoms with Crippen LogP contribution >= 0.6 is 15.9 Å². The summed E-state index contributed by atoms with van der Waals surface area (Å²) in [4.78, 5) is 0. The van der Waals surface area contributed by atoms with Gasteiger partial charge >= 0.3 is 0 Å². The second kappa shape index (κ2) is 3.51. The van der Waals surface area contributed by atoms with Crippen LogP contribution in [0.5, 0.6) is 0 Å². The highest BCUT2D eigenvalue weighted by atomic mass is 79.9. The van der Waals surface area contributed by atoms with Crippen LogP contribution in [-0.4, -0.2) is 31.6 Å². The van der Waals surface area contributed by atoms with Gasteiger partial charge in [-0.25, -0.2) is 0 Å². The lowest BCUT2D eigenvalue weighted by molar-refractivity contribution is -0.221. The van der Waals surface area contributed by atoms with Crippen molar-refractivity contribution in [3.8, 4) is 0 Å². The summed E-state index contributed by atoms with van der Waals surface area (Å²) in [7, 11) is 1.56. The lowest BCUT2D eigenvalue weighted by Gasteiger charge is -2.05. The molecular weight excluding hydrogens is 188 g/mol. The molecule has 1 unspecified atom stereocenters. The van der Waals surface area contributed by atoms with E-state index in [9.17, 15) is 0 Å². The molecule has 0 spiro atoms. The van der Waals surface area contributed by atoms with Gasteiger partial charge in [0, 0.05) is 12.4 Å². The molecule has 1 aliphatic rings. The molecule has 0 aliphatic carbocycles. The molecule has 0 N–H and O–H groups in total. The van der Waals surface area contributed by atoms with Gasteiger partial charge in [0.15, 0.2) is 0 Å². The van der Waals surface area contributed by atoms with Crippen LogP contribution in [-0.2, 0) is 14.2 Å². The van der Waals surface area contributed by atoms with Crippen LogP contribution in [0.2, 0.25) is 0 Å². The van der Waals surface area contributed by atoms with E-state index < -0.39 is 6.48 Å². The number of halogens is 1. The lowest BCUT2D eigenvalue weighted by Crippen LogP contribution is -2.14. The van der Waals surface area contributed by atoms with Crippen molar-refractivity contribution >= 4 is 15.9 Å². The molecule has 0 amide bonds. The topological polar surface area (TPSA) is 27.7 Å². The summed E-state index contributed by atoms with van der Waals surface area (Å²) in [5.74, 6) is 0. The van der Waals surface area contributed by atoms with Crippen molar-refractivity contribution < 1.29 is 14.2 Å². The molecule has 1 heterocycles. The van der Waals surface area contributed by atoms with E-state index in [4.69, 9.17) is 14.2 Å². The van der Waals surface area contributed by atoms with Gasteiger partial charge in [-0.3, -0.25) is 0 Å². The summed E-state index contributed by atoms with van der Waals surface area (Å²) >= 11 is 3.27. The average molecular weight is 197 g/mol. The zero-order valence-corrected chi connectivity index (χ0v) is 6.76. The summed E-state index contributed by atoms with van der Waals surface area (Å²) in [6, 6.07) is 0. The number of rotatable bonds is 2. The Morgan fingerprint density at radius 1 is 1.78 bits per heavy atom. The first-order chi connectivity index (χ1) is 4.36. The van der Waals surface area contributed by atoms with E-state index in [2.05, 4.69) is 15.9 Å². The fourth-order valence-electron chi connectivity index (χ4n) is 0.626. The minimum Gasteiger partial charge on any atom is -0.333 e. The lowest BCUT2D eigenvalue weighted by atomic mass is 10.5. The van der Waals surface area contributed by atoms with Crippen molar-refractivity contribution in [1.29, 1.82) is 0 Å². The Morgan fingerprint density at radius 2 is 2.56 bits per heavy atom. The highest BCUT2D eigenvalue weighted by molar-refractivity contribution is 9.09. The van der Waals surface area contributed by atoms with Crippen LogP contribution < -0.4 is 0 Å². The van der Waals surface area contributed by atoms with Gasteiger partial charge in [0.05, 0.1) is 12.7 Å². The number of hydrogen-bond acceptors (Lipinski definition) is 3. The minimum atomic E-state index is -0.451. The second-order valence-electron chi connectivity index (χ2n) is 1.77. The summed E-state index contributed by atoms with van der Waals surface area (Å²) in [5.41, 5.74) is 0. The van der Waals surface area contributed by atoms with Crippen molar-refractivity contribution in [1.82, 2.24) is 0 Å².